The van der Waals surface area contributed by atoms with Gasteiger partial charge in [-0.25, -0.2) is 4.79 Å². The molecule has 0 aliphatic carbocycles. The first-order chi connectivity index (χ1) is 9.80. The number of oxime groups is 1. The van der Waals surface area contributed by atoms with Gasteiger partial charge in [-0.05, 0) is 13.8 Å². The van der Waals surface area contributed by atoms with E-state index in [2.05, 4.69) is 14.7 Å². The molecule has 1 aliphatic heterocycles. The van der Waals surface area contributed by atoms with E-state index >= 15 is 0 Å². The van der Waals surface area contributed by atoms with Crippen molar-refractivity contribution in [1.82, 2.24) is 0 Å². The summed E-state index contributed by atoms with van der Waals surface area (Å²) in [6.45, 7) is 3.38. The Morgan fingerprint density at radius 3 is 2.52 bits per heavy atom. The fourth-order valence-electron chi connectivity index (χ4n) is 2.05. The zero-order valence-corrected chi connectivity index (χ0v) is 11.5. The van der Waals surface area contributed by atoms with Crippen molar-refractivity contribution in [2.75, 3.05) is 6.61 Å². The molecular formula is C14H14F3NO3. The Balaban J connectivity index is 2.35. The molecule has 0 saturated carbocycles. The summed E-state index contributed by atoms with van der Waals surface area (Å²) in [7, 11) is 0. The second-order valence-electron chi connectivity index (χ2n) is 4.72. The van der Waals surface area contributed by atoms with Crippen molar-refractivity contribution >= 4 is 11.7 Å². The molecule has 0 aromatic heterocycles. The van der Waals surface area contributed by atoms with E-state index in [9.17, 15) is 18.0 Å². The second kappa shape index (κ2) is 5.38. The van der Waals surface area contributed by atoms with Crippen LogP contribution < -0.4 is 0 Å². The molecule has 7 heteroatoms. The number of esters is 1. The number of hydrogen-bond acceptors (Lipinski definition) is 4. The summed E-state index contributed by atoms with van der Waals surface area (Å²) < 4.78 is 45.1. The maximum Gasteiger partial charge on any atom is 0.435 e. The van der Waals surface area contributed by atoms with Crippen LogP contribution in [0.15, 0.2) is 29.4 Å². The number of alkyl halides is 3. The summed E-state index contributed by atoms with van der Waals surface area (Å²) in [6.07, 6.45) is -5.40. The molecule has 21 heavy (non-hydrogen) atoms. The monoisotopic (exact) mass is 301 g/mol. The summed E-state index contributed by atoms with van der Waals surface area (Å²) in [4.78, 5) is 16.2. The third-order valence-corrected chi connectivity index (χ3v) is 3.21. The topological polar surface area (TPSA) is 47.9 Å². The molecule has 0 fully saturated rings. The summed E-state index contributed by atoms with van der Waals surface area (Å²) in [6, 6.07) is 5.75. The van der Waals surface area contributed by atoms with Crippen LogP contribution in [-0.4, -0.2) is 24.5 Å². The molecule has 114 valence electrons. The molecule has 0 N–H and O–H groups in total. The molecule has 1 aliphatic rings. The van der Waals surface area contributed by atoms with E-state index in [4.69, 9.17) is 0 Å². The van der Waals surface area contributed by atoms with E-state index in [0.29, 0.717) is 0 Å². The van der Waals surface area contributed by atoms with Gasteiger partial charge in [-0.2, -0.15) is 13.2 Å². The third-order valence-electron chi connectivity index (χ3n) is 3.21. The van der Waals surface area contributed by atoms with E-state index in [1.807, 2.05) is 0 Å². The Morgan fingerprint density at radius 1 is 1.38 bits per heavy atom. The van der Waals surface area contributed by atoms with E-state index in [0.717, 1.165) is 5.56 Å². The number of hydrogen-bond donors (Lipinski definition) is 0. The van der Waals surface area contributed by atoms with E-state index < -0.39 is 24.2 Å². The molecule has 0 saturated heterocycles. The van der Waals surface area contributed by atoms with Gasteiger partial charge in [0, 0.05) is 5.56 Å². The first-order valence-electron chi connectivity index (χ1n) is 6.36. The number of nitrogens with zero attached hydrogens (tertiary/aromatic N) is 1. The van der Waals surface area contributed by atoms with E-state index in [-0.39, 0.29) is 17.9 Å². The highest BCUT2D eigenvalue weighted by atomic mass is 19.4. The standard InChI is InChI=1S/C14H14F3NO3/c1-3-20-12(19)11-8-13(21-18-11,14(15,16)17)10-6-4-9(2)5-7-10/h4-7H,3,8H2,1-2H3. The maximum absolute atomic E-state index is 13.5. The van der Waals surface area contributed by atoms with Crippen LogP contribution in [0.2, 0.25) is 0 Å². The van der Waals surface area contributed by atoms with Crippen LogP contribution in [0.1, 0.15) is 24.5 Å². The maximum atomic E-state index is 13.5. The van der Waals surface area contributed by atoms with Gasteiger partial charge in [0.15, 0.2) is 5.71 Å². The lowest BCUT2D eigenvalue weighted by molar-refractivity contribution is -0.275. The van der Waals surface area contributed by atoms with Crippen LogP contribution in [0.25, 0.3) is 0 Å². The average Bonchev–Trinajstić information content (AvgIpc) is 2.86. The van der Waals surface area contributed by atoms with Crippen LogP contribution in [0.5, 0.6) is 0 Å². The average molecular weight is 301 g/mol. The minimum Gasteiger partial charge on any atom is -0.461 e. The SMILES string of the molecule is CCOC(=O)C1=NOC(c2ccc(C)cc2)(C(F)(F)F)C1. The number of halogens is 3. The van der Waals surface area contributed by atoms with Crippen molar-refractivity contribution in [2.24, 2.45) is 5.16 Å². The molecule has 1 heterocycles. The molecular weight excluding hydrogens is 287 g/mol. The summed E-state index contributed by atoms with van der Waals surface area (Å²) >= 11 is 0. The molecule has 0 spiro atoms. The fraction of sp³-hybridized carbons (Fsp3) is 0.429. The van der Waals surface area contributed by atoms with Crippen LogP contribution in [0, 0.1) is 6.92 Å². The molecule has 2 rings (SSSR count). The quantitative estimate of drug-likeness (QED) is 0.806. The van der Waals surface area contributed by atoms with Crippen LogP contribution >= 0.6 is 0 Å². The minimum absolute atomic E-state index is 0.0569. The lowest BCUT2D eigenvalue weighted by atomic mass is 9.88. The molecule has 1 unspecified atom stereocenters. The van der Waals surface area contributed by atoms with Crippen molar-refractivity contribution in [3.8, 4) is 0 Å². The van der Waals surface area contributed by atoms with Gasteiger partial charge in [0.05, 0.1) is 13.0 Å². The van der Waals surface area contributed by atoms with E-state index in [1.165, 1.54) is 12.1 Å². The highest BCUT2D eigenvalue weighted by molar-refractivity contribution is 6.36. The Bertz CT molecular complexity index is 566. The number of carbonyl (C=O) groups is 1. The van der Waals surface area contributed by atoms with Gasteiger partial charge in [-0.1, -0.05) is 35.0 Å². The van der Waals surface area contributed by atoms with Crippen LogP contribution in [0.4, 0.5) is 13.2 Å². The van der Waals surface area contributed by atoms with Gasteiger partial charge in [-0.15, -0.1) is 0 Å². The lowest BCUT2D eigenvalue weighted by Crippen LogP contribution is -2.43. The highest BCUT2D eigenvalue weighted by Gasteiger charge is 2.63. The number of ether oxygens (including phenoxy) is 1. The van der Waals surface area contributed by atoms with Gasteiger partial charge >= 0.3 is 12.1 Å². The zero-order valence-electron chi connectivity index (χ0n) is 11.5. The number of carbonyl (C=O) groups excluding carboxylic acids is 1. The predicted molar refractivity (Wildman–Crippen MR) is 68.7 cm³/mol. The van der Waals surface area contributed by atoms with Crippen molar-refractivity contribution in [2.45, 2.75) is 32.0 Å². The number of rotatable bonds is 3. The van der Waals surface area contributed by atoms with Crippen LogP contribution in [-0.2, 0) is 20.0 Å². The predicted octanol–water partition coefficient (Wildman–Crippen LogP) is 3.09. The Hall–Kier alpha value is -2.05. The van der Waals surface area contributed by atoms with Crippen LogP contribution in [0.3, 0.4) is 0 Å². The summed E-state index contributed by atoms with van der Waals surface area (Å²) in [5.41, 5.74) is -2.28. The fourth-order valence-corrected chi connectivity index (χ4v) is 2.05. The van der Waals surface area contributed by atoms with E-state index in [1.54, 1.807) is 26.0 Å². The second-order valence-corrected chi connectivity index (χ2v) is 4.72. The molecule has 0 radical (unpaired) electrons. The van der Waals surface area contributed by atoms with Gasteiger partial charge < -0.3 is 9.57 Å². The molecule has 1 atom stereocenters. The van der Waals surface area contributed by atoms with Crippen molar-refractivity contribution in [3.05, 3.63) is 35.4 Å². The summed E-state index contributed by atoms with van der Waals surface area (Å²) in [5, 5.41) is 3.30. The van der Waals surface area contributed by atoms with Crippen molar-refractivity contribution < 1.29 is 27.5 Å². The molecule has 1 aromatic carbocycles. The van der Waals surface area contributed by atoms with Gasteiger partial charge in [0.25, 0.3) is 5.60 Å². The summed E-state index contributed by atoms with van der Waals surface area (Å²) in [5.74, 6) is -0.893. The molecule has 0 amide bonds. The van der Waals surface area contributed by atoms with Gasteiger partial charge in [0.1, 0.15) is 0 Å². The Kier molecular flexibility index (Phi) is 3.93. The smallest absolute Gasteiger partial charge is 0.435 e. The number of benzene rings is 1. The molecule has 4 nitrogen and oxygen atoms in total. The van der Waals surface area contributed by atoms with Crippen molar-refractivity contribution in [1.29, 1.82) is 0 Å². The third kappa shape index (κ3) is 2.72. The zero-order chi connectivity index (χ0) is 15.7. The van der Waals surface area contributed by atoms with Gasteiger partial charge in [0.2, 0.25) is 0 Å². The Morgan fingerprint density at radius 2 is 2.00 bits per heavy atom. The van der Waals surface area contributed by atoms with Gasteiger partial charge in [-0.3, -0.25) is 0 Å². The molecule has 0 bridgehead atoms. The Labute approximate surface area is 119 Å². The minimum atomic E-state index is -4.71. The molecule has 1 aromatic rings. The number of aryl methyl sites for hydroxylation is 1. The normalized spacial score (nSPS) is 21.7. The first-order valence-corrected chi connectivity index (χ1v) is 6.36. The lowest BCUT2D eigenvalue weighted by Gasteiger charge is -2.29. The first kappa shape index (κ1) is 15.3. The van der Waals surface area contributed by atoms with Crippen molar-refractivity contribution in [3.63, 3.8) is 0 Å². The highest BCUT2D eigenvalue weighted by Crippen LogP contribution is 2.48. The largest absolute Gasteiger partial charge is 0.461 e.